The summed E-state index contributed by atoms with van der Waals surface area (Å²) in [6.07, 6.45) is 2.20. The summed E-state index contributed by atoms with van der Waals surface area (Å²) in [5.41, 5.74) is 8.46. The Morgan fingerprint density at radius 1 is 1.33 bits per heavy atom. The number of amides is 1. The Labute approximate surface area is 108 Å². The first-order valence-corrected chi connectivity index (χ1v) is 6.36. The van der Waals surface area contributed by atoms with Crippen molar-refractivity contribution in [2.24, 2.45) is 0 Å². The molecule has 1 saturated heterocycles. The van der Waals surface area contributed by atoms with Gasteiger partial charge in [0.25, 0.3) is 5.91 Å². The van der Waals surface area contributed by atoms with Crippen LogP contribution in [0.2, 0.25) is 0 Å². The average Bonchev–Trinajstić information content (AvgIpc) is 2.87. The molecule has 2 N–H and O–H groups in total. The Bertz CT molecular complexity index is 451. The molecule has 1 aliphatic rings. The first-order chi connectivity index (χ1) is 8.59. The summed E-state index contributed by atoms with van der Waals surface area (Å²) in [6, 6.07) is 3.78. The van der Waals surface area contributed by atoms with Crippen LogP contribution in [-0.2, 0) is 4.79 Å². The minimum absolute atomic E-state index is 0.0636. The van der Waals surface area contributed by atoms with Crippen LogP contribution in [0.4, 0.5) is 5.69 Å². The number of aryl methyl sites for hydroxylation is 1. The lowest BCUT2D eigenvalue weighted by Crippen LogP contribution is -2.32. The Hall–Kier alpha value is -1.71. The van der Waals surface area contributed by atoms with E-state index in [4.69, 9.17) is 10.5 Å². The second-order valence-corrected chi connectivity index (χ2v) is 4.80. The molecule has 18 heavy (non-hydrogen) atoms. The van der Waals surface area contributed by atoms with Gasteiger partial charge in [0.1, 0.15) is 5.75 Å². The monoisotopic (exact) mass is 248 g/mol. The van der Waals surface area contributed by atoms with Gasteiger partial charge in [-0.05, 0) is 38.3 Å². The zero-order chi connectivity index (χ0) is 13.1. The van der Waals surface area contributed by atoms with Gasteiger partial charge in [-0.2, -0.15) is 0 Å². The molecular formula is C14H20N2O2. The third-order valence-electron chi connectivity index (χ3n) is 3.44. The van der Waals surface area contributed by atoms with Crippen LogP contribution in [0.15, 0.2) is 12.1 Å². The van der Waals surface area contributed by atoms with Crippen LogP contribution in [0.1, 0.15) is 24.0 Å². The molecule has 4 nitrogen and oxygen atoms in total. The molecule has 1 amide bonds. The van der Waals surface area contributed by atoms with Crippen LogP contribution in [0.3, 0.4) is 0 Å². The quantitative estimate of drug-likeness (QED) is 0.831. The average molecular weight is 248 g/mol. The molecule has 4 heteroatoms. The van der Waals surface area contributed by atoms with E-state index in [1.807, 2.05) is 30.9 Å². The van der Waals surface area contributed by atoms with Crippen molar-refractivity contribution in [3.05, 3.63) is 23.3 Å². The molecule has 0 saturated carbocycles. The number of carbonyl (C=O) groups is 1. The molecule has 0 aliphatic carbocycles. The second-order valence-electron chi connectivity index (χ2n) is 4.80. The summed E-state index contributed by atoms with van der Waals surface area (Å²) in [5.74, 6) is 0.802. The van der Waals surface area contributed by atoms with Gasteiger partial charge in [0.2, 0.25) is 0 Å². The zero-order valence-corrected chi connectivity index (χ0v) is 11.0. The first-order valence-electron chi connectivity index (χ1n) is 6.36. The lowest BCUT2D eigenvalue weighted by atomic mass is 10.1. The minimum atomic E-state index is 0.0636. The van der Waals surface area contributed by atoms with Gasteiger partial charge in [-0.25, -0.2) is 0 Å². The highest BCUT2D eigenvalue weighted by atomic mass is 16.5. The topological polar surface area (TPSA) is 55.6 Å². The number of carbonyl (C=O) groups excluding carboxylic acids is 1. The molecule has 1 aliphatic heterocycles. The minimum Gasteiger partial charge on any atom is -0.483 e. The molecule has 0 spiro atoms. The van der Waals surface area contributed by atoms with Crippen molar-refractivity contribution < 1.29 is 9.53 Å². The number of rotatable bonds is 3. The fourth-order valence-corrected chi connectivity index (χ4v) is 2.26. The highest BCUT2D eigenvalue weighted by Crippen LogP contribution is 2.27. The fourth-order valence-electron chi connectivity index (χ4n) is 2.26. The maximum Gasteiger partial charge on any atom is 0.260 e. The van der Waals surface area contributed by atoms with E-state index in [-0.39, 0.29) is 12.5 Å². The Kier molecular flexibility index (Phi) is 3.75. The summed E-state index contributed by atoms with van der Waals surface area (Å²) in [4.78, 5) is 13.8. The summed E-state index contributed by atoms with van der Waals surface area (Å²) >= 11 is 0. The maximum atomic E-state index is 11.9. The van der Waals surface area contributed by atoms with Crippen LogP contribution >= 0.6 is 0 Å². The standard InChI is InChI=1S/C14H20N2O2/c1-10-5-6-12(15)11(2)14(10)18-9-13(17)16-7-3-4-8-16/h5-6H,3-4,7-9,15H2,1-2H3. The van der Waals surface area contributed by atoms with Crippen molar-refractivity contribution in [2.75, 3.05) is 25.4 Å². The van der Waals surface area contributed by atoms with Gasteiger partial charge in [-0.3, -0.25) is 4.79 Å². The molecule has 1 heterocycles. The van der Waals surface area contributed by atoms with Gasteiger partial charge in [-0.1, -0.05) is 6.07 Å². The number of nitrogen functional groups attached to an aromatic ring is 1. The van der Waals surface area contributed by atoms with E-state index < -0.39 is 0 Å². The molecule has 0 atom stereocenters. The zero-order valence-electron chi connectivity index (χ0n) is 11.0. The Morgan fingerprint density at radius 3 is 2.67 bits per heavy atom. The van der Waals surface area contributed by atoms with Crippen molar-refractivity contribution in [3.63, 3.8) is 0 Å². The van der Waals surface area contributed by atoms with Crippen molar-refractivity contribution in [2.45, 2.75) is 26.7 Å². The smallest absolute Gasteiger partial charge is 0.260 e. The highest BCUT2D eigenvalue weighted by molar-refractivity contribution is 5.78. The van der Waals surface area contributed by atoms with E-state index >= 15 is 0 Å². The van der Waals surface area contributed by atoms with Crippen LogP contribution in [0.25, 0.3) is 0 Å². The van der Waals surface area contributed by atoms with Gasteiger partial charge in [0.15, 0.2) is 6.61 Å². The number of benzene rings is 1. The number of anilines is 1. The SMILES string of the molecule is Cc1ccc(N)c(C)c1OCC(=O)N1CCCC1. The van der Waals surface area contributed by atoms with Gasteiger partial charge < -0.3 is 15.4 Å². The van der Waals surface area contributed by atoms with Gasteiger partial charge in [-0.15, -0.1) is 0 Å². The molecule has 0 unspecified atom stereocenters. The summed E-state index contributed by atoms with van der Waals surface area (Å²) < 4.78 is 5.65. The molecular weight excluding hydrogens is 228 g/mol. The van der Waals surface area contributed by atoms with E-state index in [0.29, 0.717) is 5.69 Å². The molecule has 1 fully saturated rings. The highest BCUT2D eigenvalue weighted by Gasteiger charge is 2.19. The largest absolute Gasteiger partial charge is 0.483 e. The molecule has 0 radical (unpaired) electrons. The van der Waals surface area contributed by atoms with Gasteiger partial charge >= 0.3 is 0 Å². The van der Waals surface area contributed by atoms with E-state index in [9.17, 15) is 4.79 Å². The predicted molar refractivity (Wildman–Crippen MR) is 71.6 cm³/mol. The summed E-state index contributed by atoms with van der Waals surface area (Å²) in [7, 11) is 0. The number of ether oxygens (including phenoxy) is 1. The van der Waals surface area contributed by atoms with Crippen LogP contribution in [0, 0.1) is 13.8 Å². The van der Waals surface area contributed by atoms with Crippen molar-refractivity contribution in [1.29, 1.82) is 0 Å². The summed E-state index contributed by atoms with van der Waals surface area (Å²) in [5, 5.41) is 0. The van der Waals surface area contributed by atoms with E-state index in [1.165, 1.54) is 0 Å². The van der Waals surface area contributed by atoms with Crippen molar-refractivity contribution >= 4 is 11.6 Å². The fraction of sp³-hybridized carbons (Fsp3) is 0.500. The Morgan fingerprint density at radius 2 is 2.00 bits per heavy atom. The molecule has 1 aromatic carbocycles. The first kappa shape index (κ1) is 12.7. The Balaban J connectivity index is 2.01. The van der Waals surface area contributed by atoms with Crippen LogP contribution in [0.5, 0.6) is 5.75 Å². The number of hydrogen-bond acceptors (Lipinski definition) is 3. The van der Waals surface area contributed by atoms with E-state index in [2.05, 4.69) is 0 Å². The number of hydrogen-bond donors (Lipinski definition) is 1. The molecule has 0 aromatic heterocycles. The predicted octanol–water partition coefficient (Wildman–Crippen LogP) is 1.89. The maximum absolute atomic E-state index is 11.9. The van der Waals surface area contributed by atoms with Gasteiger partial charge in [0, 0.05) is 24.3 Å². The third kappa shape index (κ3) is 2.58. The van der Waals surface area contributed by atoms with Crippen LogP contribution < -0.4 is 10.5 Å². The molecule has 98 valence electrons. The van der Waals surface area contributed by atoms with Gasteiger partial charge in [0.05, 0.1) is 0 Å². The number of nitrogens with two attached hydrogens (primary N) is 1. The second kappa shape index (κ2) is 5.29. The van der Waals surface area contributed by atoms with E-state index in [0.717, 1.165) is 42.8 Å². The molecule has 1 aromatic rings. The molecule has 0 bridgehead atoms. The normalized spacial score (nSPS) is 14.9. The van der Waals surface area contributed by atoms with E-state index in [1.54, 1.807) is 0 Å². The van der Waals surface area contributed by atoms with Crippen LogP contribution in [-0.4, -0.2) is 30.5 Å². The summed E-state index contributed by atoms with van der Waals surface area (Å²) in [6.45, 7) is 5.69. The number of nitrogens with zero attached hydrogens (tertiary/aromatic N) is 1. The van der Waals surface area contributed by atoms with Crippen molar-refractivity contribution in [3.8, 4) is 5.75 Å². The number of likely N-dealkylation sites (tertiary alicyclic amines) is 1. The third-order valence-corrected chi connectivity index (χ3v) is 3.44. The lowest BCUT2D eigenvalue weighted by molar-refractivity contribution is -0.132. The lowest BCUT2D eigenvalue weighted by Gasteiger charge is -2.17. The van der Waals surface area contributed by atoms with Crippen molar-refractivity contribution in [1.82, 2.24) is 4.90 Å². The molecule has 2 rings (SSSR count).